The van der Waals surface area contributed by atoms with Gasteiger partial charge in [-0.05, 0) is 5.41 Å². The number of rotatable bonds is 10. The molecule has 0 radical (unpaired) electrons. The number of carbonyl (C=O) groups excluding carboxylic acids is 2. The van der Waals surface area contributed by atoms with Gasteiger partial charge in [-0.15, -0.1) is 0 Å². The molecule has 24 heavy (non-hydrogen) atoms. The molecule has 0 aromatic carbocycles. The molecule has 0 aromatic rings. The van der Waals surface area contributed by atoms with Crippen molar-refractivity contribution in [1.82, 2.24) is 4.90 Å². The van der Waals surface area contributed by atoms with Gasteiger partial charge >= 0.3 is 0 Å². The van der Waals surface area contributed by atoms with Crippen molar-refractivity contribution >= 4 is 11.7 Å². The van der Waals surface area contributed by atoms with E-state index in [2.05, 4.69) is 0 Å². The number of aliphatic hydroxyl groups excluding tert-OH is 1. The Morgan fingerprint density at radius 2 is 1.75 bits per heavy atom. The van der Waals surface area contributed by atoms with E-state index in [-0.39, 0.29) is 30.3 Å². The first kappa shape index (κ1) is 21.0. The summed E-state index contributed by atoms with van der Waals surface area (Å²) in [5.41, 5.74) is -0.143. The van der Waals surface area contributed by atoms with Crippen LogP contribution >= 0.6 is 0 Å². The fraction of sp³-hybridized carbons (Fsp3) is 0.882. The van der Waals surface area contributed by atoms with Crippen molar-refractivity contribution in [3.63, 3.8) is 0 Å². The van der Waals surface area contributed by atoms with Crippen LogP contribution in [0.3, 0.4) is 0 Å². The third-order valence-electron chi connectivity index (χ3n) is 3.70. The Labute approximate surface area is 144 Å². The summed E-state index contributed by atoms with van der Waals surface area (Å²) in [4.78, 5) is 26.2. The van der Waals surface area contributed by atoms with Crippen molar-refractivity contribution in [2.45, 2.75) is 45.8 Å². The topological polar surface area (TPSA) is 85.3 Å². The van der Waals surface area contributed by atoms with Gasteiger partial charge in [0.2, 0.25) is 5.91 Å². The highest BCUT2D eigenvalue weighted by Crippen LogP contribution is 2.26. The van der Waals surface area contributed by atoms with Gasteiger partial charge in [-0.25, -0.2) is 0 Å². The molecule has 1 rings (SSSR count). The molecule has 0 unspecified atom stereocenters. The number of amides is 1. The Bertz CT molecular complexity index is 406. The molecule has 1 N–H and O–H groups in total. The van der Waals surface area contributed by atoms with Crippen LogP contribution in [0.15, 0.2) is 0 Å². The Hall–Kier alpha value is -1.02. The number of aliphatic hydroxyl groups is 1. The minimum absolute atomic E-state index is 0.00435. The summed E-state index contributed by atoms with van der Waals surface area (Å²) < 4.78 is 15.4. The Kier molecular flexibility index (Phi) is 8.83. The van der Waals surface area contributed by atoms with Gasteiger partial charge in [0.1, 0.15) is 6.61 Å². The summed E-state index contributed by atoms with van der Waals surface area (Å²) in [6.45, 7) is 7.70. The highest BCUT2D eigenvalue weighted by molar-refractivity contribution is 5.90. The predicted octanol–water partition coefficient (Wildman–Crippen LogP) is 0.633. The molecule has 2 atom stereocenters. The lowest BCUT2D eigenvalue weighted by atomic mass is 9.87. The lowest BCUT2D eigenvalue weighted by Gasteiger charge is -2.26. The summed E-state index contributed by atoms with van der Waals surface area (Å²) in [5, 5.41) is 9.84. The summed E-state index contributed by atoms with van der Waals surface area (Å²) in [6.07, 6.45) is 0.0311. The van der Waals surface area contributed by atoms with E-state index in [0.717, 1.165) is 0 Å². The lowest BCUT2D eigenvalue weighted by molar-refractivity contribution is -0.142. The number of hydrogen-bond acceptors (Lipinski definition) is 6. The van der Waals surface area contributed by atoms with Gasteiger partial charge in [0, 0.05) is 26.5 Å². The van der Waals surface area contributed by atoms with Crippen molar-refractivity contribution in [2.75, 3.05) is 46.7 Å². The van der Waals surface area contributed by atoms with Crippen LogP contribution in [0.25, 0.3) is 0 Å². The number of ketones is 1. The molecule has 1 saturated heterocycles. The second-order valence-electron chi connectivity index (χ2n) is 7.31. The van der Waals surface area contributed by atoms with Crippen molar-refractivity contribution in [2.24, 2.45) is 5.41 Å². The maximum Gasteiger partial charge on any atom is 0.249 e. The average Bonchev–Trinajstić information content (AvgIpc) is 2.86. The molecule has 1 fully saturated rings. The van der Waals surface area contributed by atoms with Crippen LogP contribution in [0.1, 0.15) is 33.6 Å². The van der Waals surface area contributed by atoms with Crippen molar-refractivity contribution in [1.29, 1.82) is 0 Å². The number of β-amino-alcohol motifs (C(OH)–C–C–N with tert-alkyl or cyclic N) is 1. The van der Waals surface area contributed by atoms with Gasteiger partial charge < -0.3 is 24.2 Å². The molecule has 0 bridgehead atoms. The first-order valence-corrected chi connectivity index (χ1v) is 8.39. The number of hydrogen-bond donors (Lipinski definition) is 1. The number of Topliss-reactive ketones (excluding diaryl/α,β-unsaturated/α-hetero) is 1. The first-order valence-electron chi connectivity index (χ1n) is 8.39. The molecule has 1 aliphatic heterocycles. The zero-order valence-electron chi connectivity index (χ0n) is 15.2. The summed E-state index contributed by atoms with van der Waals surface area (Å²) >= 11 is 0. The van der Waals surface area contributed by atoms with Crippen molar-refractivity contribution in [3.05, 3.63) is 0 Å². The van der Waals surface area contributed by atoms with Crippen molar-refractivity contribution in [3.8, 4) is 0 Å². The smallest absolute Gasteiger partial charge is 0.249 e. The minimum Gasteiger partial charge on any atom is -0.391 e. The maximum atomic E-state index is 12.4. The second kappa shape index (κ2) is 10.1. The van der Waals surface area contributed by atoms with Crippen LogP contribution in [0.2, 0.25) is 0 Å². The van der Waals surface area contributed by atoms with E-state index in [0.29, 0.717) is 39.3 Å². The number of nitrogens with zero attached hydrogens (tertiary/aromatic N) is 1. The normalized spacial score (nSPS) is 21.3. The summed E-state index contributed by atoms with van der Waals surface area (Å²) in [6, 6.07) is -0.548. The lowest BCUT2D eigenvalue weighted by Crippen LogP contribution is -2.43. The Balaban J connectivity index is 2.39. The summed E-state index contributed by atoms with van der Waals surface area (Å²) in [5.74, 6) is -0.272. The molecule has 1 aliphatic rings. The van der Waals surface area contributed by atoms with Gasteiger partial charge in [0.25, 0.3) is 0 Å². The quantitative estimate of drug-likeness (QED) is 0.585. The number of carbonyl (C=O) groups is 2. The SMILES string of the molecule is COCCOCCOCC(=O)N1C[C@H](O)C[C@H]1C(=O)CC(C)(C)C. The monoisotopic (exact) mass is 345 g/mol. The highest BCUT2D eigenvalue weighted by atomic mass is 16.5. The van der Waals surface area contributed by atoms with E-state index < -0.39 is 12.1 Å². The Morgan fingerprint density at radius 1 is 1.12 bits per heavy atom. The number of ether oxygens (including phenoxy) is 3. The number of methoxy groups -OCH3 is 1. The van der Waals surface area contributed by atoms with Crippen LogP contribution in [0.4, 0.5) is 0 Å². The third-order valence-corrected chi connectivity index (χ3v) is 3.70. The van der Waals surface area contributed by atoms with E-state index in [1.807, 2.05) is 20.8 Å². The molecule has 0 aromatic heterocycles. The van der Waals surface area contributed by atoms with E-state index in [9.17, 15) is 14.7 Å². The van der Waals surface area contributed by atoms with Crippen LogP contribution in [0.5, 0.6) is 0 Å². The zero-order chi connectivity index (χ0) is 18.2. The van der Waals surface area contributed by atoms with Gasteiger partial charge in [0.05, 0.1) is 38.6 Å². The molecule has 0 spiro atoms. The Morgan fingerprint density at radius 3 is 2.38 bits per heavy atom. The molecule has 7 nitrogen and oxygen atoms in total. The van der Waals surface area contributed by atoms with Gasteiger partial charge in [0.15, 0.2) is 5.78 Å². The molecule has 0 saturated carbocycles. The van der Waals surface area contributed by atoms with Crippen LogP contribution in [0, 0.1) is 5.41 Å². The van der Waals surface area contributed by atoms with Gasteiger partial charge in [-0.1, -0.05) is 20.8 Å². The molecule has 1 amide bonds. The van der Waals surface area contributed by atoms with Crippen LogP contribution in [-0.4, -0.2) is 80.5 Å². The van der Waals surface area contributed by atoms with E-state index in [1.165, 1.54) is 4.90 Å². The minimum atomic E-state index is -0.653. The molecule has 0 aliphatic carbocycles. The largest absolute Gasteiger partial charge is 0.391 e. The molecular formula is C17H31NO6. The molecule has 7 heteroatoms. The second-order valence-corrected chi connectivity index (χ2v) is 7.31. The van der Waals surface area contributed by atoms with Crippen LogP contribution < -0.4 is 0 Å². The number of likely N-dealkylation sites (tertiary alicyclic amines) is 1. The fourth-order valence-corrected chi connectivity index (χ4v) is 2.64. The standard InChI is InChI=1S/C17H31NO6/c1-17(2,3)10-15(20)14-9-13(19)11-18(14)16(21)12-24-8-7-23-6-5-22-4/h13-14,19H,5-12H2,1-4H3/t13-,14+/m1/s1. The first-order chi connectivity index (χ1) is 11.2. The fourth-order valence-electron chi connectivity index (χ4n) is 2.64. The van der Waals surface area contributed by atoms with Crippen molar-refractivity contribution < 1.29 is 28.9 Å². The third kappa shape index (κ3) is 7.70. The molecule has 140 valence electrons. The van der Waals surface area contributed by atoms with E-state index >= 15 is 0 Å². The van der Waals surface area contributed by atoms with Crippen LogP contribution in [-0.2, 0) is 23.8 Å². The maximum absolute atomic E-state index is 12.4. The summed E-state index contributed by atoms with van der Waals surface area (Å²) in [7, 11) is 1.60. The zero-order valence-corrected chi connectivity index (χ0v) is 15.2. The van der Waals surface area contributed by atoms with Gasteiger partial charge in [-0.3, -0.25) is 9.59 Å². The average molecular weight is 345 g/mol. The van der Waals surface area contributed by atoms with E-state index in [4.69, 9.17) is 14.2 Å². The van der Waals surface area contributed by atoms with E-state index in [1.54, 1.807) is 7.11 Å². The highest BCUT2D eigenvalue weighted by Gasteiger charge is 2.39. The molecule has 1 heterocycles. The molecular weight excluding hydrogens is 314 g/mol. The van der Waals surface area contributed by atoms with Gasteiger partial charge in [-0.2, -0.15) is 0 Å². The predicted molar refractivity (Wildman–Crippen MR) is 88.7 cm³/mol.